The number of aryl methyl sites for hydroxylation is 2. The van der Waals surface area contributed by atoms with Crippen LogP contribution in [0.5, 0.6) is 0 Å². The molecule has 0 fully saturated rings. The summed E-state index contributed by atoms with van der Waals surface area (Å²) in [6, 6.07) is 7.58. The van der Waals surface area contributed by atoms with Crippen LogP contribution in [0.25, 0.3) is 0 Å². The molecule has 0 unspecified atom stereocenters. The fraction of sp³-hybridized carbons (Fsp3) is 0.421. The van der Waals surface area contributed by atoms with Gasteiger partial charge in [0.05, 0.1) is 5.69 Å². The highest BCUT2D eigenvalue weighted by Crippen LogP contribution is 2.11. The van der Waals surface area contributed by atoms with Gasteiger partial charge in [0, 0.05) is 50.6 Å². The molecule has 0 spiro atoms. The number of rotatable bonds is 6. The second-order valence-electron chi connectivity index (χ2n) is 6.11. The predicted octanol–water partition coefficient (Wildman–Crippen LogP) is 2.27. The van der Waals surface area contributed by atoms with Gasteiger partial charge in [-0.25, -0.2) is 0 Å². The summed E-state index contributed by atoms with van der Waals surface area (Å²) in [6.07, 6.45) is 0. The Morgan fingerprint density at radius 3 is 2.48 bits per heavy atom. The maximum absolute atomic E-state index is 11.9. The van der Waals surface area contributed by atoms with Crippen LogP contribution in [0, 0.1) is 13.8 Å². The maximum Gasteiger partial charge on any atom is 0.251 e. The summed E-state index contributed by atoms with van der Waals surface area (Å²) in [5.74, 6) is 0.649. The molecule has 0 saturated carbocycles. The van der Waals surface area contributed by atoms with Crippen molar-refractivity contribution in [1.29, 1.82) is 0 Å². The number of hydrogen-bond acceptors (Lipinski definition) is 3. The minimum atomic E-state index is -0.0561. The number of nitrogens with zero attached hydrogens (tertiary/aromatic N) is 3. The lowest BCUT2D eigenvalue weighted by molar-refractivity contribution is 0.0955. The molecule has 148 valence electrons. The van der Waals surface area contributed by atoms with Gasteiger partial charge in [0.15, 0.2) is 5.96 Å². The lowest BCUT2D eigenvalue weighted by Gasteiger charge is -2.13. The zero-order valence-electron chi connectivity index (χ0n) is 16.6. The molecule has 0 bridgehead atoms. The minimum Gasteiger partial charge on any atom is -0.352 e. The van der Waals surface area contributed by atoms with Gasteiger partial charge in [-0.05, 0) is 38.5 Å². The van der Waals surface area contributed by atoms with Crippen molar-refractivity contribution in [2.75, 3.05) is 13.6 Å². The zero-order chi connectivity index (χ0) is 19.1. The van der Waals surface area contributed by atoms with Crippen LogP contribution in [0.2, 0.25) is 0 Å². The van der Waals surface area contributed by atoms with Crippen molar-refractivity contribution in [2.24, 2.45) is 12.0 Å². The summed E-state index contributed by atoms with van der Waals surface area (Å²) >= 11 is 0. The quantitative estimate of drug-likeness (QED) is 0.334. The van der Waals surface area contributed by atoms with Crippen molar-refractivity contribution in [3.63, 3.8) is 0 Å². The van der Waals surface area contributed by atoms with E-state index in [1.165, 1.54) is 5.56 Å². The number of halogens is 1. The molecule has 1 aromatic heterocycles. The molecule has 27 heavy (non-hydrogen) atoms. The summed E-state index contributed by atoms with van der Waals surface area (Å²) in [5, 5.41) is 13.8. The molecule has 0 saturated heterocycles. The van der Waals surface area contributed by atoms with E-state index in [9.17, 15) is 4.79 Å². The van der Waals surface area contributed by atoms with E-state index in [4.69, 9.17) is 0 Å². The zero-order valence-corrected chi connectivity index (χ0v) is 18.9. The number of guanidine groups is 1. The van der Waals surface area contributed by atoms with E-state index in [0.29, 0.717) is 31.2 Å². The van der Waals surface area contributed by atoms with Gasteiger partial charge in [-0.2, -0.15) is 5.10 Å². The number of nitrogens with one attached hydrogen (secondary N) is 3. The average Bonchev–Trinajstić information content (AvgIpc) is 2.88. The van der Waals surface area contributed by atoms with E-state index in [0.717, 1.165) is 17.0 Å². The van der Waals surface area contributed by atoms with Gasteiger partial charge in [-0.1, -0.05) is 12.1 Å². The fourth-order valence-corrected chi connectivity index (χ4v) is 2.74. The van der Waals surface area contributed by atoms with E-state index >= 15 is 0 Å². The second kappa shape index (κ2) is 10.9. The van der Waals surface area contributed by atoms with Crippen molar-refractivity contribution in [3.05, 3.63) is 52.3 Å². The molecule has 0 radical (unpaired) electrons. The smallest absolute Gasteiger partial charge is 0.251 e. The summed E-state index contributed by atoms with van der Waals surface area (Å²) in [6.45, 7) is 7.82. The van der Waals surface area contributed by atoms with E-state index < -0.39 is 0 Å². The largest absolute Gasteiger partial charge is 0.352 e. The van der Waals surface area contributed by atoms with Crippen molar-refractivity contribution < 1.29 is 4.79 Å². The first-order valence-electron chi connectivity index (χ1n) is 8.77. The molecular formula is C19H29IN6O. The van der Waals surface area contributed by atoms with Crippen LogP contribution < -0.4 is 16.0 Å². The Morgan fingerprint density at radius 1 is 1.19 bits per heavy atom. The number of carbonyl (C=O) groups excluding carboxylic acids is 1. The van der Waals surface area contributed by atoms with Gasteiger partial charge in [-0.15, -0.1) is 24.0 Å². The van der Waals surface area contributed by atoms with Gasteiger partial charge in [0.1, 0.15) is 0 Å². The molecule has 1 amide bonds. The molecular weight excluding hydrogens is 455 g/mol. The van der Waals surface area contributed by atoms with Crippen LogP contribution in [0.1, 0.15) is 39.8 Å². The Labute approximate surface area is 178 Å². The minimum absolute atomic E-state index is 0. The Morgan fingerprint density at radius 2 is 1.89 bits per heavy atom. The molecule has 3 N–H and O–H groups in total. The van der Waals surface area contributed by atoms with Crippen LogP contribution in [0.3, 0.4) is 0 Å². The predicted molar refractivity (Wildman–Crippen MR) is 120 cm³/mol. The van der Waals surface area contributed by atoms with E-state index in [2.05, 4.69) is 33.0 Å². The molecule has 2 aromatic rings. The second-order valence-corrected chi connectivity index (χ2v) is 6.11. The molecule has 7 nitrogen and oxygen atoms in total. The molecule has 1 aromatic carbocycles. The molecule has 8 heteroatoms. The summed E-state index contributed by atoms with van der Waals surface area (Å²) in [4.78, 5) is 16.2. The lowest BCUT2D eigenvalue weighted by Crippen LogP contribution is -2.36. The van der Waals surface area contributed by atoms with Gasteiger partial charge in [0.2, 0.25) is 0 Å². The van der Waals surface area contributed by atoms with E-state index in [1.54, 1.807) is 7.05 Å². The average molecular weight is 484 g/mol. The van der Waals surface area contributed by atoms with Crippen LogP contribution in [0.4, 0.5) is 0 Å². The monoisotopic (exact) mass is 484 g/mol. The van der Waals surface area contributed by atoms with Crippen molar-refractivity contribution in [1.82, 2.24) is 25.7 Å². The first-order valence-corrected chi connectivity index (χ1v) is 8.77. The molecule has 0 aliphatic heterocycles. The third kappa shape index (κ3) is 6.23. The number of aliphatic imine (C=N–C) groups is 1. The van der Waals surface area contributed by atoms with Gasteiger partial charge in [-0.3, -0.25) is 14.5 Å². The number of carbonyl (C=O) groups is 1. The number of benzene rings is 1. The Bertz CT molecular complexity index is 799. The van der Waals surface area contributed by atoms with Crippen LogP contribution in [-0.4, -0.2) is 35.2 Å². The summed E-state index contributed by atoms with van der Waals surface area (Å²) in [7, 11) is 3.68. The first kappa shape index (κ1) is 22.9. The van der Waals surface area contributed by atoms with Crippen LogP contribution >= 0.6 is 24.0 Å². The maximum atomic E-state index is 11.9. The number of amides is 1. The topological polar surface area (TPSA) is 83.3 Å². The molecule has 2 rings (SSSR count). The number of aromatic nitrogens is 2. The molecule has 0 aliphatic carbocycles. The van der Waals surface area contributed by atoms with Crippen molar-refractivity contribution >= 4 is 35.8 Å². The van der Waals surface area contributed by atoms with Crippen molar-refractivity contribution in [2.45, 2.75) is 33.9 Å². The highest BCUT2D eigenvalue weighted by molar-refractivity contribution is 14.0. The third-order valence-corrected chi connectivity index (χ3v) is 4.30. The van der Waals surface area contributed by atoms with Crippen molar-refractivity contribution in [3.8, 4) is 0 Å². The van der Waals surface area contributed by atoms with E-state index in [1.807, 2.05) is 49.8 Å². The molecule has 0 aliphatic rings. The standard InChI is InChI=1S/C19H28N6O.HI/c1-6-21-18(26)16-9-7-8-15(10-16)11-22-19(20-4)23-12-17-13(2)24-25(5)14(17)3;/h7-10H,6,11-12H2,1-5H3,(H,21,26)(H2,20,22,23);1H. The highest BCUT2D eigenvalue weighted by atomic mass is 127. The third-order valence-electron chi connectivity index (χ3n) is 4.30. The Hall–Kier alpha value is -2.10. The summed E-state index contributed by atoms with van der Waals surface area (Å²) in [5.41, 5.74) is 5.01. The molecule has 0 atom stereocenters. The normalized spacial score (nSPS) is 10.9. The van der Waals surface area contributed by atoms with Gasteiger partial charge in [0.25, 0.3) is 5.91 Å². The number of hydrogen-bond donors (Lipinski definition) is 3. The van der Waals surface area contributed by atoms with E-state index in [-0.39, 0.29) is 29.9 Å². The van der Waals surface area contributed by atoms with Gasteiger partial charge >= 0.3 is 0 Å². The molecule has 1 heterocycles. The van der Waals surface area contributed by atoms with Crippen LogP contribution in [-0.2, 0) is 20.1 Å². The van der Waals surface area contributed by atoms with Gasteiger partial charge < -0.3 is 16.0 Å². The Kier molecular flexibility index (Phi) is 9.27. The van der Waals surface area contributed by atoms with Crippen LogP contribution in [0.15, 0.2) is 29.3 Å². The Balaban J connectivity index is 0.00000364. The summed E-state index contributed by atoms with van der Waals surface area (Å²) < 4.78 is 1.88. The SMILES string of the molecule is CCNC(=O)c1cccc(CNC(=NC)NCc2c(C)nn(C)c2C)c1.I. The first-order chi connectivity index (χ1) is 12.5. The lowest BCUT2D eigenvalue weighted by atomic mass is 10.1. The fourth-order valence-electron chi connectivity index (χ4n) is 2.74. The highest BCUT2D eigenvalue weighted by Gasteiger charge is 2.10.